The molecule has 0 saturated heterocycles. The molecule has 0 spiro atoms. The van der Waals surface area contributed by atoms with Gasteiger partial charge in [-0.3, -0.25) is 5.41 Å². The Hall–Kier alpha value is -1.84. The van der Waals surface area contributed by atoms with E-state index in [-0.39, 0.29) is 5.84 Å². The molecule has 3 N–H and O–H groups in total. The summed E-state index contributed by atoms with van der Waals surface area (Å²) in [5, 5.41) is 11.5. The third-order valence-electron chi connectivity index (χ3n) is 2.09. The van der Waals surface area contributed by atoms with Crippen LogP contribution in [-0.4, -0.2) is 15.4 Å². The van der Waals surface area contributed by atoms with Crippen LogP contribution in [0.15, 0.2) is 24.4 Å². The van der Waals surface area contributed by atoms with Gasteiger partial charge in [0.1, 0.15) is 0 Å². The van der Waals surface area contributed by atoms with Crippen molar-refractivity contribution >= 4 is 11.4 Å². The first kappa shape index (κ1) is 8.74. The zero-order chi connectivity index (χ0) is 10.1. The molecule has 4 nitrogen and oxygen atoms in total. The van der Waals surface area contributed by atoms with Crippen molar-refractivity contribution < 1.29 is 0 Å². The van der Waals surface area contributed by atoms with E-state index in [4.69, 9.17) is 11.1 Å². The maximum absolute atomic E-state index is 7.26. The molecule has 0 saturated carbocycles. The first-order chi connectivity index (χ1) is 6.66. The van der Waals surface area contributed by atoms with Gasteiger partial charge in [0.2, 0.25) is 0 Å². The molecule has 2 rings (SSSR count). The third-order valence-corrected chi connectivity index (χ3v) is 2.09. The molecule has 0 aliphatic carbocycles. The number of hydrogen-bond donors (Lipinski definition) is 2. The van der Waals surface area contributed by atoms with Crippen LogP contribution in [-0.2, 0) is 6.42 Å². The molecule has 4 heteroatoms. The van der Waals surface area contributed by atoms with Gasteiger partial charge in [0.05, 0.1) is 17.0 Å². The second-order valence-electron chi connectivity index (χ2n) is 3.35. The highest BCUT2D eigenvalue weighted by Crippen LogP contribution is 2.12. The summed E-state index contributed by atoms with van der Waals surface area (Å²) in [6.45, 7) is 1.95. The first-order valence-electron chi connectivity index (χ1n) is 4.43. The fraction of sp³-hybridized carbons (Fsp3) is 0.200. The Bertz CT molecular complexity index is 484. The standard InChI is InChI=1S/C10H12N4/c1-7-5-9-8(6-10(11)12)3-2-4-14(9)13-7/h2-5H,6H2,1H3,(H3,11,12). The van der Waals surface area contributed by atoms with Crippen LogP contribution in [0.2, 0.25) is 0 Å². The lowest BCUT2D eigenvalue weighted by Gasteiger charge is -2.01. The molecule has 0 aliphatic rings. The number of nitrogens with one attached hydrogen (secondary N) is 1. The van der Waals surface area contributed by atoms with Gasteiger partial charge in [-0.1, -0.05) is 6.07 Å². The van der Waals surface area contributed by atoms with Gasteiger partial charge in [-0.25, -0.2) is 4.52 Å². The van der Waals surface area contributed by atoms with Crippen molar-refractivity contribution in [3.63, 3.8) is 0 Å². The van der Waals surface area contributed by atoms with Gasteiger partial charge < -0.3 is 5.73 Å². The van der Waals surface area contributed by atoms with Gasteiger partial charge >= 0.3 is 0 Å². The first-order valence-corrected chi connectivity index (χ1v) is 4.43. The van der Waals surface area contributed by atoms with E-state index in [1.807, 2.05) is 35.8 Å². The van der Waals surface area contributed by atoms with Gasteiger partial charge in [0.25, 0.3) is 0 Å². The van der Waals surface area contributed by atoms with E-state index >= 15 is 0 Å². The zero-order valence-corrected chi connectivity index (χ0v) is 7.99. The molecular formula is C10H12N4. The van der Waals surface area contributed by atoms with Crippen molar-refractivity contribution in [3.05, 3.63) is 35.7 Å². The van der Waals surface area contributed by atoms with Crippen molar-refractivity contribution in [2.75, 3.05) is 0 Å². The Labute approximate surface area is 81.9 Å². The minimum atomic E-state index is 0.178. The number of nitrogens with zero attached hydrogens (tertiary/aromatic N) is 2. The Morgan fingerprint density at radius 3 is 3.14 bits per heavy atom. The van der Waals surface area contributed by atoms with Crippen molar-refractivity contribution in [2.24, 2.45) is 5.73 Å². The van der Waals surface area contributed by atoms with Gasteiger partial charge in [-0.2, -0.15) is 5.10 Å². The minimum Gasteiger partial charge on any atom is -0.387 e. The highest BCUT2D eigenvalue weighted by Gasteiger charge is 2.04. The summed E-state index contributed by atoms with van der Waals surface area (Å²) < 4.78 is 1.81. The Kier molecular flexibility index (Phi) is 1.96. The number of rotatable bonds is 2. The SMILES string of the molecule is Cc1cc2c(CC(=N)N)cccn2n1. The highest BCUT2D eigenvalue weighted by molar-refractivity contribution is 5.81. The summed E-state index contributed by atoms with van der Waals surface area (Å²) in [6, 6.07) is 5.88. The predicted molar refractivity (Wildman–Crippen MR) is 55.5 cm³/mol. The van der Waals surface area contributed by atoms with Gasteiger partial charge in [0, 0.05) is 12.6 Å². The van der Waals surface area contributed by atoms with Crippen LogP contribution in [0.4, 0.5) is 0 Å². The number of nitrogens with two attached hydrogens (primary N) is 1. The summed E-state index contributed by atoms with van der Waals surface area (Å²) in [5.41, 5.74) is 8.42. The number of pyridine rings is 1. The third kappa shape index (κ3) is 1.46. The van der Waals surface area contributed by atoms with Crippen LogP contribution in [0, 0.1) is 12.3 Å². The van der Waals surface area contributed by atoms with E-state index in [0.29, 0.717) is 6.42 Å². The second-order valence-corrected chi connectivity index (χ2v) is 3.35. The molecule has 0 atom stereocenters. The molecule has 2 heterocycles. The van der Waals surface area contributed by atoms with Crippen molar-refractivity contribution in [1.29, 1.82) is 5.41 Å². The number of aromatic nitrogens is 2. The largest absolute Gasteiger partial charge is 0.387 e. The van der Waals surface area contributed by atoms with E-state index in [9.17, 15) is 0 Å². The van der Waals surface area contributed by atoms with E-state index in [1.165, 1.54) is 0 Å². The smallest absolute Gasteiger partial charge is 0.0950 e. The van der Waals surface area contributed by atoms with Crippen LogP contribution >= 0.6 is 0 Å². The molecule has 72 valence electrons. The Morgan fingerprint density at radius 2 is 2.43 bits per heavy atom. The maximum atomic E-state index is 7.26. The van der Waals surface area contributed by atoms with Crippen LogP contribution in [0.1, 0.15) is 11.3 Å². The van der Waals surface area contributed by atoms with Crippen molar-refractivity contribution in [2.45, 2.75) is 13.3 Å². The summed E-state index contributed by atoms with van der Waals surface area (Å²) >= 11 is 0. The summed E-state index contributed by atoms with van der Waals surface area (Å²) in [6.07, 6.45) is 2.38. The lowest BCUT2D eigenvalue weighted by Crippen LogP contribution is -2.13. The van der Waals surface area contributed by atoms with E-state index < -0.39 is 0 Å². The normalized spacial score (nSPS) is 10.6. The molecule has 0 aromatic carbocycles. The molecule has 0 bridgehead atoms. The fourth-order valence-electron chi connectivity index (χ4n) is 1.55. The summed E-state index contributed by atoms with van der Waals surface area (Å²) in [4.78, 5) is 0. The number of hydrogen-bond acceptors (Lipinski definition) is 2. The Morgan fingerprint density at radius 1 is 1.64 bits per heavy atom. The molecule has 0 fully saturated rings. The molecule has 2 aromatic heterocycles. The van der Waals surface area contributed by atoms with Crippen LogP contribution in [0.3, 0.4) is 0 Å². The van der Waals surface area contributed by atoms with Gasteiger partial charge in [0.15, 0.2) is 0 Å². The van der Waals surface area contributed by atoms with E-state index in [0.717, 1.165) is 16.8 Å². The van der Waals surface area contributed by atoms with Gasteiger partial charge in [-0.05, 0) is 24.6 Å². The summed E-state index contributed by atoms with van der Waals surface area (Å²) in [5.74, 6) is 0.178. The molecule has 0 radical (unpaired) electrons. The second kappa shape index (κ2) is 3.14. The van der Waals surface area contributed by atoms with Crippen molar-refractivity contribution in [3.8, 4) is 0 Å². The average molecular weight is 188 g/mol. The molecule has 14 heavy (non-hydrogen) atoms. The molecule has 0 amide bonds. The van der Waals surface area contributed by atoms with Gasteiger partial charge in [-0.15, -0.1) is 0 Å². The fourth-order valence-corrected chi connectivity index (χ4v) is 1.55. The minimum absolute atomic E-state index is 0.178. The number of amidine groups is 1. The van der Waals surface area contributed by atoms with E-state index in [1.54, 1.807) is 0 Å². The highest BCUT2D eigenvalue weighted by atomic mass is 15.2. The molecule has 0 aliphatic heterocycles. The molecule has 2 aromatic rings. The molecular weight excluding hydrogens is 176 g/mol. The topological polar surface area (TPSA) is 67.2 Å². The number of aryl methyl sites for hydroxylation is 1. The lowest BCUT2D eigenvalue weighted by molar-refractivity contribution is 0.928. The van der Waals surface area contributed by atoms with Crippen molar-refractivity contribution in [1.82, 2.24) is 9.61 Å². The summed E-state index contributed by atoms with van der Waals surface area (Å²) in [7, 11) is 0. The monoisotopic (exact) mass is 188 g/mol. The average Bonchev–Trinajstić information content (AvgIpc) is 2.45. The Balaban J connectivity index is 2.58. The number of fused-ring (bicyclic) bond motifs is 1. The maximum Gasteiger partial charge on any atom is 0.0950 e. The van der Waals surface area contributed by atoms with Crippen LogP contribution < -0.4 is 5.73 Å². The van der Waals surface area contributed by atoms with Crippen LogP contribution in [0.5, 0.6) is 0 Å². The lowest BCUT2D eigenvalue weighted by atomic mass is 10.1. The van der Waals surface area contributed by atoms with E-state index in [2.05, 4.69) is 5.10 Å². The molecule has 0 unspecified atom stereocenters. The van der Waals surface area contributed by atoms with Crippen LogP contribution in [0.25, 0.3) is 5.52 Å². The quantitative estimate of drug-likeness (QED) is 0.547. The predicted octanol–water partition coefficient (Wildman–Crippen LogP) is 1.12. The zero-order valence-electron chi connectivity index (χ0n) is 7.99.